The third kappa shape index (κ3) is 2.58. The first kappa shape index (κ1) is 22.8. The number of likely N-dealkylation sites (tertiary alicyclic amines) is 1. The van der Waals surface area contributed by atoms with Crippen LogP contribution < -0.4 is 16.1 Å². The molecule has 1 saturated carbocycles. The number of aromatic nitrogens is 3. The Morgan fingerprint density at radius 2 is 1.82 bits per heavy atom. The van der Waals surface area contributed by atoms with Gasteiger partial charge >= 0.3 is 11.4 Å². The van der Waals surface area contributed by atoms with Gasteiger partial charge in [-0.25, -0.2) is 23.5 Å². The van der Waals surface area contributed by atoms with Gasteiger partial charge in [0, 0.05) is 26.4 Å². The van der Waals surface area contributed by atoms with Crippen LogP contribution >= 0.6 is 23.2 Å². The highest BCUT2D eigenvalue weighted by Crippen LogP contribution is 2.63. The molecule has 2 fully saturated rings. The number of fused-ring (bicyclic) bond motifs is 4. The number of amides is 2. The zero-order valence-corrected chi connectivity index (χ0v) is 20.1. The summed E-state index contributed by atoms with van der Waals surface area (Å²) in [4.78, 5) is 49.4. The number of aromatic hydroxyl groups is 1. The molecule has 12 heteroatoms. The van der Waals surface area contributed by atoms with Crippen LogP contribution in [0.1, 0.15) is 30.9 Å². The number of hydrogen-bond acceptors (Lipinski definition) is 6. The lowest BCUT2D eigenvalue weighted by atomic mass is 9.64. The van der Waals surface area contributed by atoms with E-state index < -0.39 is 44.9 Å². The van der Waals surface area contributed by atoms with Crippen molar-refractivity contribution in [3.8, 4) is 11.5 Å². The van der Waals surface area contributed by atoms with Crippen molar-refractivity contribution in [1.82, 2.24) is 18.8 Å². The van der Waals surface area contributed by atoms with E-state index in [1.807, 2.05) is 0 Å². The normalized spacial score (nSPS) is 30.0. The Balaban J connectivity index is 1.80. The molecule has 0 unspecified atom stereocenters. The molecule has 10 nitrogen and oxygen atoms in total. The predicted octanol–water partition coefficient (Wildman–Crippen LogP) is 1.08. The van der Waals surface area contributed by atoms with E-state index in [1.54, 1.807) is 25.1 Å². The number of phenols is 1. The number of carbonyl (C=O) groups is 2. The van der Waals surface area contributed by atoms with Crippen LogP contribution in [0.5, 0.6) is 11.5 Å². The van der Waals surface area contributed by atoms with Crippen molar-refractivity contribution in [1.29, 1.82) is 0 Å². The summed E-state index contributed by atoms with van der Waals surface area (Å²) in [7, 11) is 2.69. The second-order valence-corrected chi connectivity index (χ2v) is 9.99. The summed E-state index contributed by atoms with van der Waals surface area (Å²) >= 11 is 14.1. The van der Waals surface area contributed by atoms with E-state index in [0.29, 0.717) is 11.1 Å². The number of ether oxygens (including phenoxy) is 1. The molecule has 5 rings (SSSR count). The summed E-state index contributed by atoms with van der Waals surface area (Å²) in [6, 6.07) is 3.76. The molecule has 0 bridgehead atoms. The van der Waals surface area contributed by atoms with Gasteiger partial charge in [0.1, 0.15) is 0 Å². The Labute approximate surface area is 203 Å². The molecule has 3 heterocycles. The monoisotopic (exact) mass is 508 g/mol. The molecule has 4 atom stereocenters. The number of allylic oxidation sites excluding steroid dienone is 2. The first-order valence-corrected chi connectivity index (χ1v) is 11.5. The topological polar surface area (TPSA) is 116 Å². The lowest BCUT2D eigenvalue weighted by Gasteiger charge is -2.49. The number of imide groups is 1. The molecular formula is C22H22Cl2N4O6. The van der Waals surface area contributed by atoms with Crippen LogP contribution in [0.15, 0.2) is 39.4 Å². The van der Waals surface area contributed by atoms with Crippen molar-refractivity contribution in [2.45, 2.75) is 41.6 Å². The van der Waals surface area contributed by atoms with Gasteiger partial charge in [0.15, 0.2) is 21.2 Å². The third-order valence-corrected chi connectivity index (χ3v) is 8.50. The number of rotatable bonds is 3. The van der Waals surface area contributed by atoms with Crippen LogP contribution in [0.4, 0.5) is 0 Å². The van der Waals surface area contributed by atoms with Crippen molar-refractivity contribution >= 4 is 35.0 Å². The van der Waals surface area contributed by atoms with Gasteiger partial charge < -0.3 is 9.84 Å². The zero-order chi connectivity index (χ0) is 24.7. The number of carbonyl (C=O) groups excluding carboxylic acids is 2. The van der Waals surface area contributed by atoms with Crippen LogP contribution in [0.25, 0.3) is 0 Å². The maximum Gasteiger partial charge on any atom is 0.347 e. The fraction of sp³-hybridized carbons (Fsp3) is 0.455. The first-order valence-electron chi connectivity index (χ1n) is 10.7. The molecule has 1 aromatic heterocycles. The highest BCUT2D eigenvalue weighted by molar-refractivity contribution is 6.53. The number of alkyl halides is 2. The van der Waals surface area contributed by atoms with Crippen molar-refractivity contribution in [2.24, 2.45) is 7.05 Å². The Bertz CT molecular complexity index is 1410. The number of hydrogen-bond donors (Lipinski definition) is 1. The second kappa shape index (κ2) is 7.26. The molecule has 0 radical (unpaired) electrons. The molecule has 2 aliphatic heterocycles. The molecule has 2 aromatic rings. The summed E-state index contributed by atoms with van der Waals surface area (Å²) in [6.07, 6.45) is 1.59. The van der Waals surface area contributed by atoms with E-state index in [9.17, 15) is 24.3 Å². The van der Waals surface area contributed by atoms with Gasteiger partial charge in [-0.05, 0) is 30.2 Å². The van der Waals surface area contributed by atoms with Crippen molar-refractivity contribution in [2.75, 3.05) is 13.7 Å². The third-order valence-electron chi connectivity index (χ3n) is 7.09. The summed E-state index contributed by atoms with van der Waals surface area (Å²) in [5.41, 5.74) is 0.00179. The van der Waals surface area contributed by atoms with E-state index in [0.717, 1.165) is 9.47 Å². The van der Waals surface area contributed by atoms with E-state index in [-0.39, 0.29) is 31.1 Å². The number of halogens is 2. The van der Waals surface area contributed by atoms with Gasteiger partial charge in [0.2, 0.25) is 0 Å². The van der Waals surface area contributed by atoms with Gasteiger partial charge in [0.25, 0.3) is 11.8 Å². The molecule has 1 aliphatic carbocycles. The SMILES string of the molecule is CCOc1cc([C@H]2C3=CCn4c(=O)n(C)c(=O)n4[C@@H]3C[C@@]3(Cl)C(=O)N(C)C(=O)[C@@]23Cl)ccc1O. The summed E-state index contributed by atoms with van der Waals surface area (Å²) < 4.78 is 9.07. The van der Waals surface area contributed by atoms with E-state index in [4.69, 9.17) is 27.9 Å². The van der Waals surface area contributed by atoms with Gasteiger partial charge in [-0.2, -0.15) is 0 Å². The lowest BCUT2D eigenvalue weighted by molar-refractivity contribution is -0.137. The van der Waals surface area contributed by atoms with Gasteiger partial charge in [-0.3, -0.25) is 14.5 Å². The average Bonchev–Trinajstić information content (AvgIpc) is 3.10. The van der Waals surface area contributed by atoms with Crippen molar-refractivity contribution in [3.63, 3.8) is 0 Å². The number of benzene rings is 1. The molecule has 180 valence electrons. The summed E-state index contributed by atoms with van der Waals surface area (Å²) in [5, 5.41) is 10.2. The summed E-state index contributed by atoms with van der Waals surface area (Å²) in [6.45, 7) is 2.12. The molecular weight excluding hydrogens is 487 g/mol. The van der Waals surface area contributed by atoms with Crippen molar-refractivity contribution in [3.05, 3.63) is 56.4 Å². The maximum absolute atomic E-state index is 13.4. The Morgan fingerprint density at radius 1 is 1.12 bits per heavy atom. The largest absolute Gasteiger partial charge is 0.504 e. The standard InChI is InChI=1S/C22H22Cl2N4O6/c1-4-34-15-9-11(5-6-14(15)29)16-12-7-8-27-19(32)26(3)20(33)28(27)13(12)10-21(23)17(30)25(2)18(31)22(16,21)24/h5-7,9,13,16,29H,4,8,10H2,1-3H3/t13-,16+,21-,22+/m1/s1. The highest BCUT2D eigenvalue weighted by atomic mass is 35.5. The smallest absolute Gasteiger partial charge is 0.347 e. The molecule has 34 heavy (non-hydrogen) atoms. The molecule has 1 aromatic carbocycles. The minimum atomic E-state index is -1.90. The van der Waals surface area contributed by atoms with Gasteiger partial charge in [0.05, 0.1) is 19.2 Å². The van der Waals surface area contributed by atoms with Crippen LogP contribution in [0, 0.1) is 0 Å². The van der Waals surface area contributed by atoms with Crippen LogP contribution in [-0.2, 0) is 23.2 Å². The molecule has 2 amide bonds. The fourth-order valence-corrected chi connectivity index (χ4v) is 6.47. The minimum absolute atomic E-state index is 0.0773. The fourth-order valence-electron chi connectivity index (χ4n) is 5.47. The maximum atomic E-state index is 13.4. The molecule has 1 N–H and O–H groups in total. The minimum Gasteiger partial charge on any atom is -0.504 e. The molecule has 3 aliphatic rings. The van der Waals surface area contributed by atoms with Crippen molar-refractivity contribution < 1.29 is 19.4 Å². The Morgan fingerprint density at radius 3 is 2.50 bits per heavy atom. The van der Waals surface area contributed by atoms with E-state index in [2.05, 4.69) is 0 Å². The van der Waals surface area contributed by atoms with Gasteiger partial charge in [-0.1, -0.05) is 12.1 Å². The van der Waals surface area contributed by atoms with Crippen LogP contribution in [0.2, 0.25) is 0 Å². The zero-order valence-electron chi connectivity index (χ0n) is 18.6. The first-order chi connectivity index (χ1) is 16.0. The average molecular weight is 509 g/mol. The molecule has 1 saturated heterocycles. The van der Waals surface area contributed by atoms with Gasteiger partial charge in [-0.15, -0.1) is 23.2 Å². The second-order valence-electron chi connectivity index (χ2n) is 8.75. The Kier molecular flexibility index (Phi) is 4.87. The number of phenolic OH excluding ortho intramolecular Hbond substituents is 1. The highest BCUT2D eigenvalue weighted by Gasteiger charge is 2.74. The predicted molar refractivity (Wildman–Crippen MR) is 123 cm³/mol. The lowest BCUT2D eigenvalue weighted by Crippen LogP contribution is -2.59. The quantitative estimate of drug-likeness (QED) is 0.376. The Hall–Kier alpha value is -2.98. The van der Waals surface area contributed by atoms with E-state index in [1.165, 1.54) is 29.5 Å². The van der Waals surface area contributed by atoms with Crippen LogP contribution in [-0.4, -0.2) is 59.2 Å². The molecule has 0 spiro atoms. The summed E-state index contributed by atoms with van der Waals surface area (Å²) in [5.74, 6) is -2.20. The number of nitrogens with zero attached hydrogens (tertiary/aromatic N) is 4. The van der Waals surface area contributed by atoms with E-state index >= 15 is 0 Å². The van der Waals surface area contributed by atoms with Crippen LogP contribution in [0.3, 0.4) is 0 Å².